The molecule has 1 N–H and O–H groups in total. The first-order valence-corrected chi connectivity index (χ1v) is 9.52. The van der Waals surface area contributed by atoms with Crippen LogP contribution < -0.4 is 10.1 Å². The average Bonchev–Trinajstić information content (AvgIpc) is 3.03. The van der Waals surface area contributed by atoms with Gasteiger partial charge in [-0.05, 0) is 49.2 Å². The summed E-state index contributed by atoms with van der Waals surface area (Å²) in [4.78, 5) is 24.2. The highest BCUT2D eigenvalue weighted by Crippen LogP contribution is 2.28. The number of carbonyl (C=O) groups excluding carboxylic acids is 2. The number of halogens is 1. The van der Waals surface area contributed by atoms with Crippen LogP contribution in [-0.4, -0.2) is 32.1 Å². The molecule has 0 bridgehead atoms. The zero-order chi connectivity index (χ0) is 20.1. The van der Waals surface area contributed by atoms with Crippen molar-refractivity contribution in [3.63, 3.8) is 0 Å². The molecule has 1 heterocycles. The van der Waals surface area contributed by atoms with Gasteiger partial charge in [-0.1, -0.05) is 28.1 Å². The Morgan fingerprint density at radius 1 is 1.14 bits per heavy atom. The van der Waals surface area contributed by atoms with Crippen molar-refractivity contribution in [2.24, 2.45) is 0 Å². The molecular weight excluding hydrogens is 426 g/mol. The molecule has 146 valence electrons. The minimum absolute atomic E-state index is 0.110. The van der Waals surface area contributed by atoms with Crippen molar-refractivity contribution < 1.29 is 23.5 Å². The number of hydrogen-bond acceptors (Lipinski definition) is 5. The molecule has 0 fully saturated rings. The molecule has 0 aliphatic heterocycles. The zero-order valence-electron chi connectivity index (χ0n) is 15.6. The van der Waals surface area contributed by atoms with Crippen LogP contribution in [0.2, 0.25) is 0 Å². The first kappa shape index (κ1) is 19.9. The van der Waals surface area contributed by atoms with Gasteiger partial charge in [-0.25, -0.2) is 4.79 Å². The molecule has 3 rings (SSSR count). The van der Waals surface area contributed by atoms with E-state index in [1.807, 2.05) is 36.4 Å². The van der Waals surface area contributed by atoms with Gasteiger partial charge < -0.3 is 19.2 Å². The van der Waals surface area contributed by atoms with E-state index in [0.717, 1.165) is 21.2 Å². The zero-order valence-corrected chi connectivity index (χ0v) is 17.2. The highest BCUT2D eigenvalue weighted by atomic mass is 79.9. The monoisotopic (exact) mass is 445 g/mol. The second-order valence-corrected chi connectivity index (χ2v) is 7.14. The molecule has 3 aromatic rings. The number of aryl methyl sites for hydroxylation is 1. The van der Waals surface area contributed by atoms with Crippen molar-refractivity contribution in [3.05, 3.63) is 63.8 Å². The topological polar surface area (TPSA) is 77.8 Å². The van der Waals surface area contributed by atoms with Crippen molar-refractivity contribution in [1.29, 1.82) is 0 Å². The third-order valence-electron chi connectivity index (χ3n) is 4.31. The Bertz CT molecular complexity index is 994. The quantitative estimate of drug-likeness (QED) is 0.555. The van der Waals surface area contributed by atoms with Crippen molar-refractivity contribution >= 4 is 38.8 Å². The molecule has 1 amide bonds. The summed E-state index contributed by atoms with van der Waals surface area (Å²) in [7, 11) is 1.61. The van der Waals surface area contributed by atoms with Gasteiger partial charge in [-0.15, -0.1) is 0 Å². The van der Waals surface area contributed by atoms with Crippen molar-refractivity contribution in [3.8, 4) is 5.75 Å². The number of ether oxygens (including phenoxy) is 2. The van der Waals surface area contributed by atoms with E-state index in [1.54, 1.807) is 20.1 Å². The number of benzene rings is 2. The minimum atomic E-state index is -0.657. The fourth-order valence-corrected chi connectivity index (χ4v) is 3.14. The molecule has 0 spiro atoms. The molecule has 1 aromatic heterocycles. The molecule has 0 aliphatic rings. The summed E-state index contributed by atoms with van der Waals surface area (Å²) >= 11 is 3.39. The van der Waals surface area contributed by atoms with Gasteiger partial charge in [0.2, 0.25) is 5.76 Å². The van der Waals surface area contributed by atoms with Crippen LogP contribution in [0.3, 0.4) is 0 Å². The number of furan rings is 1. The van der Waals surface area contributed by atoms with E-state index in [9.17, 15) is 9.59 Å². The van der Waals surface area contributed by atoms with Crippen LogP contribution >= 0.6 is 15.9 Å². The molecule has 0 saturated heterocycles. The van der Waals surface area contributed by atoms with Crippen LogP contribution in [0, 0.1) is 6.92 Å². The minimum Gasteiger partial charge on any atom is -0.497 e. The number of methoxy groups -OCH3 is 1. The number of rotatable bonds is 7. The summed E-state index contributed by atoms with van der Waals surface area (Å²) in [5.74, 6) is -0.124. The maximum atomic E-state index is 12.3. The van der Waals surface area contributed by atoms with Gasteiger partial charge in [0.1, 0.15) is 11.3 Å². The van der Waals surface area contributed by atoms with E-state index in [-0.39, 0.29) is 18.3 Å². The summed E-state index contributed by atoms with van der Waals surface area (Å²) in [6, 6.07) is 13.1. The molecule has 0 radical (unpaired) electrons. The highest BCUT2D eigenvalue weighted by Gasteiger charge is 2.20. The van der Waals surface area contributed by atoms with Crippen LogP contribution in [0.25, 0.3) is 11.0 Å². The van der Waals surface area contributed by atoms with Crippen molar-refractivity contribution in [2.75, 3.05) is 20.3 Å². The SMILES string of the molecule is COc1ccc(CCNC(=O)COC(=O)c2oc3ccc(Br)cc3c2C)cc1. The predicted molar refractivity (Wildman–Crippen MR) is 109 cm³/mol. The Balaban J connectivity index is 1.48. The largest absolute Gasteiger partial charge is 0.497 e. The lowest BCUT2D eigenvalue weighted by molar-refractivity contribution is -0.124. The van der Waals surface area contributed by atoms with Crippen LogP contribution in [0.15, 0.2) is 51.4 Å². The Labute approximate surface area is 170 Å². The van der Waals surface area contributed by atoms with E-state index in [4.69, 9.17) is 13.9 Å². The van der Waals surface area contributed by atoms with Gasteiger partial charge in [0.25, 0.3) is 5.91 Å². The first-order valence-electron chi connectivity index (χ1n) is 8.73. The average molecular weight is 446 g/mol. The molecule has 0 saturated carbocycles. The van der Waals surface area contributed by atoms with Crippen LogP contribution in [0.5, 0.6) is 5.75 Å². The van der Waals surface area contributed by atoms with E-state index in [2.05, 4.69) is 21.2 Å². The standard InChI is InChI=1S/C21H20BrNO5/c1-13-17-11-15(22)5-8-18(17)28-20(13)21(25)27-12-19(24)23-10-9-14-3-6-16(26-2)7-4-14/h3-8,11H,9-10,12H2,1-2H3,(H,23,24). The number of nitrogens with one attached hydrogen (secondary N) is 1. The van der Waals surface area contributed by atoms with Gasteiger partial charge in [0, 0.05) is 22.0 Å². The second-order valence-electron chi connectivity index (χ2n) is 6.22. The predicted octanol–water partition coefficient (Wildman–Crippen LogP) is 4.03. The fourth-order valence-electron chi connectivity index (χ4n) is 2.77. The Morgan fingerprint density at radius 3 is 2.61 bits per heavy atom. The number of hydrogen-bond donors (Lipinski definition) is 1. The van der Waals surface area contributed by atoms with Gasteiger partial charge in [-0.3, -0.25) is 4.79 Å². The summed E-state index contributed by atoms with van der Waals surface area (Å²) in [5.41, 5.74) is 2.35. The summed E-state index contributed by atoms with van der Waals surface area (Å²) < 4.78 is 16.7. The van der Waals surface area contributed by atoms with Gasteiger partial charge in [0.15, 0.2) is 6.61 Å². The fraction of sp³-hybridized carbons (Fsp3) is 0.238. The van der Waals surface area contributed by atoms with Crippen LogP contribution in [-0.2, 0) is 16.0 Å². The lowest BCUT2D eigenvalue weighted by Crippen LogP contribution is -2.30. The Kier molecular flexibility index (Phi) is 6.36. The molecule has 7 heteroatoms. The number of fused-ring (bicyclic) bond motifs is 1. The summed E-state index contributed by atoms with van der Waals surface area (Å²) in [6.07, 6.45) is 0.668. The number of amides is 1. The van der Waals surface area contributed by atoms with Gasteiger partial charge >= 0.3 is 5.97 Å². The molecule has 0 atom stereocenters. The normalized spacial score (nSPS) is 10.7. The lowest BCUT2D eigenvalue weighted by atomic mass is 10.1. The maximum absolute atomic E-state index is 12.3. The highest BCUT2D eigenvalue weighted by molar-refractivity contribution is 9.10. The third kappa shape index (κ3) is 4.72. The third-order valence-corrected chi connectivity index (χ3v) is 4.81. The van der Waals surface area contributed by atoms with E-state index in [0.29, 0.717) is 24.1 Å². The lowest BCUT2D eigenvalue weighted by Gasteiger charge is -2.07. The molecule has 28 heavy (non-hydrogen) atoms. The molecule has 0 aliphatic carbocycles. The molecule has 2 aromatic carbocycles. The summed E-state index contributed by atoms with van der Waals surface area (Å²) in [5, 5.41) is 3.56. The second kappa shape index (κ2) is 8.93. The summed E-state index contributed by atoms with van der Waals surface area (Å²) in [6.45, 7) is 1.87. The first-order chi connectivity index (χ1) is 13.5. The smallest absolute Gasteiger partial charge is 0.375 e. The van der Waals surface area contributed by atoms with Crippen molar-refractivity contribution in [2.45, 2.75) is 13.3 Å². The molecular formula is C21H20BrNO5. The molecule has 0 unspecified atom stereocenters. The van der Waals surface area contributed by atoms with Gasteiger partial charge in [0.05, 0.1) is 7.11 Å². The Hall–Kier alpha value is -2.80. The van der Waals surface area contributed by atoms with Crippen molar-refractivity contribution in [1.82, 2.24) is 5.32 Å². The number of esters is 1. The van der Waals surface area contributed by atoms with E-state index < -0.39 is 5.97 Å². The Morgan fingerprint density at radius 2 is 1.89 bits per heavy atom. The molecule has 6 nitrogen and oxygen atoms in total. The maximum Gasteiger partial charge on any atom is 0.375 e. The van der Waals surface area contributed by atoms with E-state index in [1.165, 1.54) is 0 Å². The van der Waals surface area contributed by atoms with Crippen LogP contribution in [0.4, 0.5) is 0 Å². The van der Waals surface area contributed by atoms with Crippen LogP contribution in [0.1, 0.15) is 21.7 Å². The van der Waals surface area contributed by atoms with Gasteiger partial charge in [-0.2, -0.15) is 0 Å². The number of carbonyl (C=O) groups is 2. The van der Waals surface area contributed by atoms with E-state index >= 15 is 0 Å².